The molecule has 1 atom stereocenters. The second-order valence-corrected chi connectivity index (χ2v) is 7.65. The van der Waals surface area contributed by atoms with E-state index in [1.807, 2.05) is 6.92 Å². The van der Waals surface area contributed by atoms with Crippen LogP contribution in [0.4, 0.5) is 8.78 Å². The minimum atomic E-state index is -0.672. The van der Waals surface area contributed by atoms with Gasteiger partial charge in [-0.15, -0.1) is 11.3 Å². The summed E-state index contributed by atoms with van der Waals surface area (Å²) in [6.07, 6.45) is 0.825. The third kappa shape index (κ3) is 3.96. The minimum Gasteiger partial charge on any atom is -0.306 e. The van der Waals surface area contributed by atoms with Gasteiger partial charge in [0.1, 0.15) is 11.6 Å². The van der Waals surface area contributed by atoms with Crippen LogP contribution in [0, 0.1) is 11.6 Å². The topological polar surface area (TPSA) is 12.0 Å². The van der Waals surface area contributed by atoms with Crippen molar-refractivity contribution in [3.05, 3.63) is 54.1 Å². The highest BCUT2D eigenvalue weighted by atomic mass is 79.9. The van der Waals surface area contributed by atoms with Crippen LogP contribution in [-0.2, 0) is 0 Å². The van der Waals surface area contributed by atoms with E-state index in [2.05, 4.69) is 21.2 Å². The number of benzene rings is 1. The first kappa shape index (κ1) is 17.2. The largest absolute Gasteiger partial charge is 0.306 e. The average molecular weight is 415 g/mol. The molecule has 1 heterocycles. The standard InChI is InChI=1S/C14H12BrCl2F2NS/c1-2-3-20-13(8-6-11(16)21-14(8)17)12-9(18)4-7(15)5-10(12)19/h4-6,13,20H,2-3H2,1H3. The maximum absolute atomic E-state index is 14.2. The van der Waals surface area contributed by atoms with Crippen LogP contribution in [0.2, 0.25) is 8.67 Å². The van der Waals surface area contributed by atoms with Gasteiger partial charge in [0.15, 0.2) is 0 Å². The highest BCUT2D eigenvalue weighted by molar-refractivity contribution is 9.10. The van der Waals surface area contributed by atoms with Crippen molar-refractivity contribution in [1.82, 2.24) is 5.32 Å². The Balaban J connectivity index is 2.53. The molecule has 2 rings (SSSR count). The molecule has 114 valence electrons. The first-order valence-electron chi connectivity index (χ1n) is 6.26. The Morgan fingerprint density at radius 1 is 1.24 bits per heavy atom. The van der Waals surface area contributed by atoms with E-state index in [0.29, 0.717) is 25.3 Å². The van der Waals surface area contributed by atoms with Gasteiger partial charge in [-0.2, -0.15) is 0 Å². The first-order chi connectivity index (χ1) is 9.93. The fraction of sp³-hybridized carbons (Fsp3) is 0.286. The lowest BCUT2D eigenvalue weighted by Gasteiger charge is -2.20. The summed E-state index contributed by atoms with van der Waals surface area (Å²) in [7, 11) is 0. The molecule has 1 aromatic carbocycles. The maximum atomic E-state index is 14.2. The van der Waals surface area contributed by atoms with Crippen LogP contribution in [0.25, 0.3) is 0 Å². The van der Waals surface area contributed by atoms with Crippen LogP contribution >= 0.6 is 50.5 Å². The number of thiophene rings is 1. The molecule has 0 saturated carbocycles. The van der Waals surface area contributed by atoms with Crippen molar-refractivity contribution in [2.45, 2.75) is 19.4 Å². The zero-order valence-electron chi connectivity index (χ0n) is 11.0. The molecule has 1 N–H and O–H groups in total. The summed E-state index contributed by atoms with van der Waals surface area (Å²) in [6, 6.07) is 3.44. The van der Waals surface area contributed by atoms with Gasteiger partial charge in [-0.05, 0) is 31.2 Å². The lowest BCUT2D eigenvalue weighted by atomic mass is 10.00. The molecule has 1 unspecified atom stereocenters. The molecule has 0 amide bonds. The Kier molecular flexibility index (Phi) is 6.03. The summed E-state index contributed by atoms with van der Waals surface area (Å²) >= 11 is 16.3. The van der Waals surface area contributed by atoms with E-state index >= 15 is 0 Å². The molecule has 7 heteroatoms. The number of halogens is 5. The van der Waals surface area contributed by atoms with Gasteiger partial charge < -0.3 is 5.32 Å². The van der Waals surface area contributed by atoms with E-state index in [9.17, 15) is 8.78 Å². The van der Waals surface area contributed by atoms with Crippen molar-refractivity contribution in [3.8, 4) is 0 Å². The van der Waals surface area contributed by atoms with Crippen molar-refractivity contribution < 1.29 is 8.78 Å². The average Bonchev–Trinajstić information content (AvgIpc) is 2.71. The SMILES string of the molecule is CCCNC(c1cc(Cl)sc1Cl)c1c(F)cc(Br)cc1F. The normalized spacial score (nSPS) is 12.7. The Morgan fingerprint density at radius 3 is 2.33 bits per heavy atom. The van der Waals surface area contributed by atoms with Crippen molar-refractivity contribution in [2.24, 2.45) is 0 Å². The van der Waals surface area contributed by atoms with Crippen molar-refractivity contribution >= 4 is 50.5 Å². The molecule has 0 fully saturated rings. The van der Waals surface area contributed by atoms with E-state index in [0.717, 1.165) is 6.42 Å². The van der Waals surface area contributed by atoms with Crippen LogP contribution in [0.1, 0.15) is 30.5 Å². The molecular weight excluding hydrogens is 403 g/mol. The lowest BCUT2D eigenvalue weighted by molar-refractivity contribution is 0.503. The minimum absolute atomic E-state index is 0.0528. The molecule has 2 aromatic rings. The predicted octanol–water partition coefficient (Wildman–Crippen LogP) is 6.18. The van der Waals surface area contributed by atoms with Crippen molar-refractivity contribution in [2.75, 3.05) is 6.54 Å². The van der Waals surface area contributed by atoms with E-state index < -0.39 is 17.7 Å². The summed E-state index contributed by atoms with van der Waals surface area (Å²) in [4.78, 5) is 0. The molecule has 0 aliphatic rings. The summed E-state index contributed by atoms with van der Waals surface area (Å²) in [5, 5.41) is 3.13. The first-order valence-corrected chi connectivity index (χ1v) is 8.63. The van der Waals surface area contributed by atoms with E-state index in [1.165, 1.54) is 23.5 Å². The fourth-order valence-electron chi connectivity index (χ4n) is 2.04. The van der Waals surface area contributed by atoms with Gasteiger partial charge in [-0.3, -0.25) is 0 Å². The summed E-state index contributed by atoms with van der Waals surface area (Å²) in [5.74, 6) is -1.26. The molecule has 0 spiro atoms. The van der Waals surface area contributed by atoms with Crippen LogP contribution < -0.4 is 5.32 Å². The lowest BCUT2D eigenvalue weighted by Crippen LogP contribution is -2.25. The van der Waals surface area contributed by atoms with Gasteiger partial charge in [0, 0.05) is 15.6 Å². The van der Waals surface area contributed by atoms with Crippen LogP contribution in [0.3, 0.4) is 0 Å². The summed E-state index contributed by atoms with van der Waals surface area (Å²) in [5.41, 5.74) is 0.531. The Labute approximate surface area is 144 Å². The summed E-state index contributed by atoms with van der Waals surface area (Å²) in [6.45, 7) is 2.57. The fourth-order valence-corrected chi connectivity index (χ4v) is 3.97. The van der Waals surface area contributed by atoms with Gasteiger partial charge in [-0.25, -0.2) is 8.78 Å². The van der Waals surface area contributed by atoms with Crippen LogP contribution in [0.5, 0.6) is 0 Å². The number of nitrogens with one attached hydrogen (secondary N) is 1. The van der Waals surface area contributed by atoms with E-state index in [-0.39, 0.29) is 5.56 Å². The molecule has 21 heavy (non-hydrogen) atoms. The quantitative estimate of drug-likeness (QED) is 0.615. The number of hydrogen-bond acceptors (Lipinski definition) is 2. The van der Waals surface area contributed by atoms with Gasteiger partial charge in [0.05, 0.1) is 14.7 Å². The molecule has 0 bridgehead atoms. The highest BCUT2D eigenvalue weighted by Crippen LogP contribution is 2.39. The second kappa shape index (κ2) is 7.38. The third-order valence-corrected chi connectivity index (χ3v) is 4.90. The van der Waals surface area contributed by atoms with Gasteiger partial charge in [-0.1, -0.05) is 46.1 Å². The molecule has 0 aliphatic heterocycles. The van der Waals surface area contributed by atoms with Crippen LogP contribution in [-0.4, -0.2) is 6.54 Å². The number of hydrogen-bond donors (Lipinski definition) is 1. The van der Waals surface area contributed by atoms with E-state index in [4.69, 9.17) is 23.2 Å². The predicted molar refractivity (Wildman–Crippen MR) is 88.5 cm³/mol. The third-order valence-electron chi connectivity index (χ3n) is 2.93. The smallest absolute Gasteiger partial charge is 0.132 e. The molecule has 0 saturated heterocycles. The highest BCUT2D eigenvalue weighted by Gasteiger charge is 2.25. The maximum Gasteiger partial charge on any atom is 0.132 e. The van der Waals surface area contributed by atoms with Gasteiger partial charge >= 0.3 is 0 Å². The molecule has 1 aromatic heterocycles. The molecule has 0 aliphatic carbocycles. The monoisotopic (exact) mass is 413 g/mol. The van der Waals surface area contributed by atoms with Crippen molar-refractivity contribution in [3.63, 3.8) is 0 Å². The van der Waals surface area contributed by atoms with Gasteiger partial charge in [0.2, 0.25) is 0 Å². The molecule has 0 radical (unpaired) electrons. The van der Waals surface area contributed by atoms with E-state index in [1.54, 1.807) is 6.07 Å². The van der Waals surface area contributed by atoms with Gasteiger partial charge in [0.25, 0.3) is 0 Å². The van der Waals surface area contributed by atoms with Crippen molar-refractivity contribution in [1.29, 1.82) is 0 Å². The molecule has 1 nitrogen and oxygen atoms in total. The Bertz CT molecular complexity index is 625. The number of rotatable bonds is 5. The van der Waals surface area contributed by atoms with Crippen LogP contribution in [0.15, 0.2) is 22.7 Å². The second-order valence-electron chi connectivity index (χ2n) is 4.45. The summed E-state index contributed by atoms with van der Waals surface area (Å²) < 4.78 is 29.7. The zero-order valence-corrected chi connectivity index (χ0v) is 14.9. The molecular formula is C14H12BrCl2F2NS. The zero-order chi connectivity index (χ0) is 15.6. The Morgan fingerprint density at radius 2 is 1.86 bits per heavy atom. The Hall–Kier alpha value is -0.200.